The minimum absolute atomic E-state index is 0.173. The van der Waals surface area contributed by atoms with Crippen LogP contribution in [-0.2, 0) is 0 Å². The molecule has 3 N–H and O–H groups in total. The second-order valence-electron chi connectivity index (χ2n) is 5.85. The van der Waals surface area contributed by atoms with E-state index in [0.717, 1.165) is 12.6 Å². The van der Waals surface area contributed by atoms with Gasteiger partial charge in [0, 0.05) is 18.1 Å². The Bertz CT molecular complexity index is 194. The molecule has 0 radical (unpaired) electrons. The van der Waals surface area contributed by atoms with E-state index in [9.17, 15) is 0 Å². The van der Waals surface area contributed by atoms with E-state index in [1.54, 1.807) is 0 Å². The van der Waals surface area contributed by atoms with Gasteiger partial charge in [-0.3, -0.25) is 0 Å². The van der Waals surface area contributed by atoms with Crippen LogP contribution in [0.4, 0.5) is 0 Å². The molecule has 0 heterocycles. The van der Waals surface area contributed by atoms with Crippen molar-refractivity contribution in [3.8, 4) is 0 Å². The number of hydrogen-bond acceptors (Lipinski definition) is 2. The predicted octanol–water partition coefficient (Wildman–Crippen LogP) is 1.65. The van der Waals surface area contributed by atoms with E-state index < -0.39 is 0 Å². The fourth-order valence-electron chi connectivity index (χ4n) is 2.30. The highest BCUT2D eigenvalue weighted by Crippen LogP contribution is 2.38. The Morgan fingerprint density at radius 2 is 2.00 bits per heavy atom. The van der Waals surface area contributed by atoms with E-state index in [1.165, 1.54) is 32.1 Å². The van der Waals surface area contributed by atoms with Crippen LogP contribution < -0.4 is 11.1 Å². The van der Waals surface area contributed by atoms with Gasteiger partial charge in [-0.15, -0.1) is 0 Å². The van der Waals surface area contributed by atoms with Gasteiger partial charge >= 0.3 is 0 Å². The van der Waals surface area contributed by atoms with Gasteiger partial charge in [0.1, 0.15) is 0 Å². The average molecular weight is 182 g/mol. The highest BCUT2D eigenvalue weighted by molar-refractivity contribution is 5.01. The van der Waals surface area contributed by atoms with Crippen molar-refractivity contribution >= 4 is 0 Å². The number of nitrogens with one attached hydrogen (secondary N) is 1. The van der Waals surface area contributed by atoms with Crippen molar-refractivity contribution in [1.82, 2.24) is 5.32 Å². The zero-order valence-corrected chi connectivity index (χ0v) is 8.90. The van der Waals surface area contributed by atoms with Gasteiger partial charge in [-0.1, -0.05) is 13.8 Å². The van der Waals surface area contributed by atoms with Gasteiger partial charge in [0.25, 0.3) is 0 Å². The zero-order valence-electron chi connectivity index (χ0n) is 8.90. The molecule has 0 aliphatic heterocycles. The lowest BCUT2D eigenvalue weighted by Gasteiger charge is -2.19. The molecule has 2 saturated carbocycles. The minimum atomic E-state index is 0.173. The molecule has 0 aromatic carbocycles. The summed E-state index contributed by atoms with van der Waals surface area (Å²) in [6, 6.07) is 0.732. The first-order chi connectivity index (χ1) is 5.99. The Hall–Kier alpha value is -0.0800. The average Bonchev–Trinajstić information content (AvgIpc) is 2.65. The molecule has 2 aliphatic carbocycles. The maximum atomic E-state index is 6.03. The van der Waals surface area contributed by atoms with Gasteiger partial charge < -0.3 is 11.1 Å². The van der Waals surface area contributed by atoms with Gasteiger partial charge in [-0.05, 0) is 37.5 Å². The van der Waals surface area contributed by atoms with Crippen LogP contribution in [0.15, 0.2) is 0 Å². The third-order valence-electron chi connectivity index (χ3n) is 3.60. The van der Waals surface area contributed by atoms with Crippen molar-refractivity contribution in [3.63, 3.8) is 0 Å². The van der Waals surface area contributed by atoms with Crippen LogP contribution in [0.25, 0.3) is 0 Å². The summed E-state index contributed by atoms with van der Waals surface area (Å²) in [6.07, 6.45) is 6.46. The first-order valence-electron chi connectivity index (χ1n) is 5.52. The van der Waals surface area contributed by atoms with Crippen LogP contribution in [0.2, 0.25) is 0 Å². The lowest BCUT2D eigenvalue weighted by molar-refractivity contribution is 0.361. The summed E-state index contributed by atoms with van der Waals surface area (Å²) in [5, 5.41) is 3.61. The zero-order chi connectivity index (χ0) is 9.53. The van der Waals surface area contributed by atoms with Gasteiger partial charge in [-0.2, -0.15) is 0 Å². The Labute approximate surface area is 81.3 Å². The van der Waals surface area contributed by atoms with Crippen molar-refractivity contribution in [3.05, 3.63) is 0 Å². The number of hydrogen-bond donors (Lipinski definition) is 2. The highest BCUT2D eigenvalue weighted by Gasteiger charge is 2.39. The normalized spacial score (nSPS) is 34.8. The van der Waals surface area contributed by atoms with E-state index in [-0.39, 0.29) is 5.54 Å². The molecule has 2 rings (SSSR count). The van der Waals surface area contributed by atoms with Crippen LogP contribution >= 0.6 is 0 Å². The fraction of sp³-hybridized carbons (Fsp3) is 1.00. The molecule has 2 heteroatoms. The molecule has 0 saturated heterocycles. The van der Waals surface area contributed by atoms with E-state index in [0.29, 0.717) is 5.41 Å². The lowest BCUT2D eigenvalue weighted by atomic mass is 9.92. The van der Waals surface area contributed by atoms with Crippen molar-refractivity contribution < 1.29 is 0 Å². The molecule has 0 amide bonds. The molecule has 0 aromatic rings. The van der Waals surface area contributed by atoms with E-state index >= 15 is 0 Å². The molecule has 76 valence electrons. The van der Waals surface area contributed by atoms with E-state index in [2.05, 4.69) is 19.2 Å². The molecule has 1 atom stereocenters. The van der Waals surface area contributed by atoms with Crippen molar-refractivity contribution in [2.45, 2.75) is 57.5 Å². The Balaban J connectivity index is 1.72. The summed E-state index contributed by atoms with van der Waals surface area (Å²) in [6.45, 7) is 5.77. The quantitative estimate of drug-likeness (QED) is 0.696. The smallest absolute Gasteiger partial charge is 0.0282 e. The van der Waals surface area contributed by atoms with Gasteiger partial charge in [0.15, 0.2) is 0 Å². The maximum Gasteiger partial charge on any atom is 0.0282 e. The highest BCUT2D eigenvalue weighted by atomic mass is 15.0. The Morgan fingerprint density at radius 3 is 2.46 bits per heavy atom. The van der Waals surface area contributed by atoms with Crippen molar-refractivity contribution in [2.75, 3.05) is 6.54 Å². The molecule has 1 unspecified atom stereocenters. The number of nitrogens with two attached hydrogens (primary N) is 1. The first kappa shape index (κ1) is 9.47. The van der Waals surface area contributed by atoms with Crippen LogP contribution in [0.3, 0.4) is 0 Å². The molecule has 2 aliphatic rings. The minimum Gasteiger partial charge on any atom is -0.324 e. The van der Waals surface area contributed by atoms with Crippen molar-refractivity contribution in [1.29, 1.82) is 0 Å². The molecular weight excluding hydrogens is 160 g/mol. The summed E-state index contributed by atoms with van der Waals surface area (Å²) in [5.41, 5.74) is 6.76. The standard InChI is InChI=1S/C11H22N2/c1-10(2)4-3-9(7-10)13-8-11(12)5-6-11/h9,13H,3-8,12H2,1-2H3. The summed E-state index contributed by atoms with van der Waals surface area (Å²) in [4.78, 5) is 0. The second-order valence-corrected chi connectivity index (χ2v) is 5.85. The Morgan fingerprint density at radius 1 is 1.31 bits per heavy atom. The Kier molecular flexibility index (Phi) is 2.16. The summed E-state index contributed by atoms with van der Waals surface area (Å²) < 4.78 is 0. The topological polar surface area (TPSA) is 38.0 Å². The van der Waals surface area contributed by atoms with E-state index in [1.807, 2.05) is 0 Å². The number of rotatable bonds is 3. The fourth-order valence-corrected chi connectivity index (χ4v) is 2.30. The molecule has 13 heavy (non-hydrogen) atoms. The van der Waals surface area contributed by atoms with Gasteiger partial charge in [-0.25, -0.2) is 0 Å². The summed E-state index contributed by atoms with van der Waals surface area (Å²) >= 11 is 0. The monoisotopic (exact) mass is 182 g/mol. The predicted molar refractivity (Wildman–Crippen MR) is 55.6 cm³/mol. The van der Waals surface area contributed by atoms with Crippen LogP contribution in [0.1, 0.15) is 46.0 Å². The molecule has 0 aromatic heterocycles. The second kappa shape index (κ2) is 2.96. The van der Waals surface area contributed by atoms with Crippen LogP contribution in [0.5, 0.6) is 0 Å². The molecule has 2 fully saturated rings. The molecule has 0 bridgehead atoms. The molecule has 2 nitrogen and oxygen atoms in total. The third-order valence-corrected chi connectivity index (χ3v) is 3.60. The summed E-state index contributed by atoms with van der Waals surface area (Å²) in [5.74, 6) is 0. The van der Waals surface area contributed by atoms with Gasteiger partial charge in [0.2, 0.25) is 0 Å². The summed E-state index contributed by atoms with van der Waals surface area (Å²) in [7, 11) is 0. The first-order valence-corrected chi connectivity index (χ1v) is 5.52. The third kappa shape index (κ3) is 2.44. The lowest BCUT2D eigenvalue weighted by Crippen LogP contribution is -2.40. The largest absolute Gasteiger partial charge is 0.324 e. The molecule has 0 spiro atoms. The SMILES string of the molecule is CC1(C)CCC(NCC2(N)CC2)C1. The molecular formula is C11H22N2. The van der Waals surface area contributed by atoms with Gasteiger partial charge in [0.05, 0.1) is 0 Å². The maximum absolute atomic E-state index is 6.03. The van der Waals surface area contributed by atoms with Crippen LogP contribution in [-0.4, -0.2) is 18.1 Å². The van der Waals surface area contributed by atoms with Crippen LogP contribution in [0, 0.1) is 5.41 Å². The van der Waals surface area contributed by atoms with Crippen molar-refractivity contribution in [2.24, 2.45) is 11.1 Å². The van der Waals surface area contributed by atoms with E-state index in [4.69, 9.17) is 5.73 Å².